The SMILES string of the molecule is CN=C(NCCCN1CCCCC1C)NCc1cccc(Cn2ccnc2C)c1.I. The lowest BCUT2D eigenvalue weighted by atomic mass is 10.0. The Balaban J connectivity index is 0.00000320. The van der Waals surface area contributed by atoms with Crippen molar-refractivity contribution in [1.29, 1.82) is 0 Å². The van der Waals surface area contributed by atoms with E-state index in [1.165, 1.54) is 43.5 Å². The molecule has 0 spiro atoms. The molecule has 2 heterocycles. The van der Waals surface area contributed by atoms with Crippen molar-refractivity contribution in [2.24, 2.45) is 4.99 Å². The van der Waals surface area contributed by atoms with Gasteiger partial charge in [-0.1, -0.05) is 30.7 Å². The Hall–Kier alpha value is -1.61. The fourth-order valence-corrected chi connectivity index (χ4v) is 3.99. The molecular formula is C23H37IN6. The quantitative estimate of drug-likeness (QED) is 0.239. The standard InChI is InChI=1S/C23H36N6.HI/c1-19-8-4-5-13-28(19)14-7-11-26-23(24-3)27-17-21-9-6-10-22(16-21)18-29-15-12-25-20(29)2;/h6,9-10,12,15-16,19H,4-5,7-8,11,13-14,17-18H2,1-3H3,(H2,24,26,27);1H. The summed E-state index contributed by atoms with van der Waals surface area (Å²) in [7, 11) is 1.83. The Morgan fingerprint density at radius 2 is 2.07 bits per heavy atom. The van der Waals surface area contributed by atoms with Crippen molar-refractivity contribution in [3.63, 3.8) is 0 Å². The highest BCUT2D eigenvalue weighted by molar-refractivity contribution is 14.0. The summed E-state index contributed by atoms with van der Waals surface area (Å²) < 4.78 is 2.16. The van der Waals surface area contributed by atoms with Crippen LogP contribution in [0.2, 0.25) is 0 Å². The van der Waals surface area contributed by atoms with Crippen molar-refractivity contribution in [2.75, 3.05) is 26.7 Å². The summed E-state index contributed by atoms with van der Waals surface area (Å²) in [6, 6.07) is 9.42. The van der Waals surface area contributed by atoms with Gasteiger partial charge in [-0.3, -0.25) is 4.99 Å². The van der Waals surface area contributed by atoms with Crippen LogP contribution in [0.15, 0.2) is 41.7 Å². The van der Waals surface area contributed by atoms with Gasteiger partial charge >= 0.3 is 0 Å². The van der Waals surface area contributed by atoms with Crippen molar-refractivity contribution in [3.05, 3.63) is 53.6 Å². The van der Waals surface area contributed by atoms with E-state index in [-0.39, 0.29) is 24.0 Å². The van der Waals surface area contributed by atoms with Crippen LogP contribution >= 0.6 is 24.0 Å². The van der Waals surface area contributed by atoms with E-state index in [1.807, 2.05) is 26.4 Å². The van der Waals surface area contributed by atoms with Crippen molar-refractivity contribution in [1.82, 2.24) is 25.1 Å². The number of aliphatic imine (C=N–C) groups is 1. The van der Waals surface area contributed by atoms with E-state index < -0.39 is 0 Å². The maximum absolute atomic E-state index is 4.37. The van der Waals surface area contributed by atoms with Crippen LogP contribution in [-0.2, 0) is 13.1 Å². The van der Waals surface area contributed by atoms with E-state index in [4.69, 9.17) is 0 Å². The molecule has 0 amide bonds. The Kier molecular flexibility index (Phi) is 10.6. The maximum Gasteiger partial charge on any atom is 0.191 e. The van der Waals surface area contributed by atoms with Crippen LogP contribution < -0.4 is 10.6 Å². The Morgan fingerprint density at radius 3 is 2.80 bits per heavy atom. The first-order valence-electron chi connectivity index (χ1n) is 10.9. The minimum atomic E-state index is 0. The summed E-state index contributed by atoms with van der Waals surface area (Å²) in [6.07, 6.45) is 9.09. The van der Waals surface area contributed by atoms with Crippen LogP contribution in [0.3, 0.4) is 0 Å². The molecule has 3 rings (SSSR count). The van der Waals surface area contributed by atoms with Gasteiger partial charge in [0.1, 0.15) is 5.82 Å². The maximum atomic E-state index is 4.37. The summed E-state index contributed by atoms with van der Waals surface area (Å²) in [6.45, 7) is 9.37. The van der Waals surface area contributed by atoms with Crippen LogP contribution in [-0.4, -0.2) is 53.1 Å². The van der Waals surface area contributed by atoms with Gasteiger partial charge < -0.3 is 20.1 Å². The van der Waals surface area contributed by atoms with E-state index in [0.29, 0.717) is 0 Å². The van der Waals surface area contributed by atoms with Crippen molar-refractivity contribution in [3.8, 4) is 0 Å². The number of likely N-dealkylation sites (tertiary alicyclic amines) is 1. The molecule has 1 atom stereocenters. The first-order chi connectivity index (χ1) is 14.2. The number of hydrogen-bond donors (Lipinski definition) is 2. The lowest BCUT2D eigenvalue weighted by Crippen LogP contribution is -2.41. The van der Waals surface area contributed by atoms with E-state index in [1.54, 1.807) is 0 Å². The molecule has 1 aromatic carbocycles. The number of benzene rings is 1. The summed E-state index contributed by atoms with van der Waals surface area (Å²) in [5, 5.41) is 6.89. The van der Waals surface area contributed by atoms with Gasteiger partial charge in [-0.2, -0.15) is 0 Å². The van der Waals surface area contributed by atoms with Crippen LogP contribution in [0, 0.1) is 6.92 Å². The highest BCUT2D eigenvalue weighted by Gasteiger charge is 2.17. The Bertz CT molecular complexity index is 788. The van der Waals surface area contributed by atoms with E-state index in [9.17, 15) is 0 Å². The van der Waals surface area contributed by atoms with Crippen molar-refractivity contribution >= 4 is 29.9 Å². The Labute approximate surface area is 198 Å². The fourth-order valence-electron chi connectivity index (χ4n) is 3.99. The van der Waals surface area contributed by atoms with Gasteiger partial charge in [0.15, 0.2) is 5.96 Å². The van der Waals surface area contributed by atoms with Gasteiger partial charge in [0.05, 0.1) is 0 Å². The normalized spacial score (nSPS) is 17.4. The second-order valence-corrected chi connectivity index (χ2v) is 8.01. The number of piperidine rings is 1. The molecule has 2 N–H and O–H groups in total. The second kappa shape index (κ2) is 12.9. The summed E-state index contributed by atoms with van der Waals surface area (Å²) >= 11 is 0. The molecule has 0 saturated carbocycles. The number of aryl methyl sites for hydroxylation is 1. The average molecular weight is 524 g/mol. The van der Waals surface area contributed by atoms with Gasteiger partial charge in [0, 0.05) is 51.7 Å². The molecule has 1 aromatic heterocycles. The summed E-state index contributed by atoms with van der Waals surface area (Å²) in [4.78, 5) is 11.3. The number of aromatic nitrogens is 2. The number of guanidine groups is 1. The summed E-state index contributed by atoms with van der Waals surface area (Å²) in [5.41, 5.74) is 2.54. The number of rotatable bonds is 8. The van der Waals surface area contributed by atoms with Crippen LogP contribution in [0.25, 0.3) is 0 Å². The molecule has 30 heavy (non-hydrogen) atoms. The predicted octanol–water partition coefficient (Wildman–Crippen LogP) is 3.79. The highest BCUT2D eigenvalue weighted by Crippen LogP contribution is 2.16. The van der Waals surface area contributed by atoms with Gasteiger partial charge in [0.25, 0.3) is 0 Å². The minimum absolute atomic E-state index is 0. The van der Waals surface area contributed by atoms with Gasteiger partial charge in [-0.05, 0) is 50.8 Å². The molecule has 0 aliphatic carbocycles. The zero-order chi connectivity index (χ0) is 20.5. The lowest BCUT2D eigenvalue weighted by Gasteiger charge is -2.33. The molecule has 0 bridgehead atoms. The Morgan fingerprint density at radius 1 is 1.23 bits per heavy atom. The molecule has 1 aliphatic heterocycles. The lowest BCUT2D eigenvalue weighted by molar-refractivity contribution is 0.159. The minimum Gasteiger partial charge on any atom is -0.356 e. The van der Waals surface area contributed by atoms with Crippen LogP contribution in [0.1, 0.15) is 49.6 Å². The van der Waals surface area contributed by atoms with E-state index in [0.717, 1.165) is 43.9 Å². The first-order valence-corrected chi connectivity index (χ1v) is 10.9. The third kappa shape index (κ3) is 7.58. The smallest absolute Gasteiger partial charge is 0.191 e. The molecule has 6 nitrogen and oxygen atoms in total. The third-order valence-corrected chi connectivity index (χ3v) is 5.81. The van der Waals surface area contributed by atoms with Crippen molar-refractivity contribution < 1.29 is 0 Å². The van der Waals surface area contributed by atoms with Gasteiger partial charge in [-0.15, -0.1) is 24.0 Å². The molecule has 0 radical (unpaired) electrons. The van der Waals surface area contributed by atoms with Gasteiger partial charge in [0.2, 0.25) is 0 Å². The largest absolute Gasteiger partial charge is 0.356 e. The summed E-state index contributed by atoms with van der Waals surface area (Å²) in [5.74, 6) is 1.91. The molecular weight excluding hydrogens is 487 g/mol. The zero-order valence-corrected chi connectivity index (χ0v) is 20.9. The second-order valence-electron chi connectivity index (χ2n) is 8.01. The number of nitrogens with one attached hydrogen (secondary N) is 2. The molecule has 1 fully saturated rings. The van der Waals surface area contributed by atoms with Crippen molar-refractivity contribution in [2.45, 2.75) is 58.7 Å². The molecule has 166 valence electrons. The number of nitrogens with zero attached hydrogens (tertiary/aromatic N) is 4. The monoisotopic (exact) mass is 524 g/mol. The molecule has 1 unspecified atom stereocenters. The molecule has 1 saturated heterocycles. The number of halogens is 1. The van der Waals surface area contributed by atoms with Crippen LogP contribution in [0.4, 0.5) is 0 Å². The average Bonchev–Trinajstić information content (AvgIpc) is 3.13. The predicted molar refractivity (Wildman–Crippen MR) is 136 cm³/mol. The van der Waals surface area contributed by atoms with E-state index >= 15 is 0 Å². The van der Waals surface area contributed by atoms with E-state index in [2.05, 4.69) is 61.3 Å². The first kappa shape index (κ1) is 24.7. The van der Waals surface area contributed by atoms with Gasteiger partial charge in [-0.25, -0.2) is 4.98 Å². The highest BCUT2D eigenvalue weighted by atomic mass is 127. The number of hydrogen-bond acceptors (Lipinski definition) is 3. The third-order valence-electron chi connectivity index (χ3n) is 5.81. The number of imidazole rings is 1. The fraction of sp³-hybridized carbons (Fsp3) is 0.565. The molecule has 2 aromatic rings. The molecule has 1 aliphatic rings. The zero-order valence-electron chi connectivity index (χ0n) is 18.6. The van der Waals surface area contributed by atoms with Crippen LogP contribution in [0.5, 0.6) is 0 Å². The molecule has 7 heteroatoms. The topological polar surface area (TPSA) is 57.5 Å².